The predicted octanol–water partition coefficient (Wildman–Crippen LogP) is 3.14. The van der Waals surface area contributed by atoms with E-state index in [0.29, 0.717) is 6.42 Å². The number of aryl methyl sites for hydroxylation is 1. The molecule has 0 radical (unpaired) electrons. The van der Waals surface area contributed by atoms with Crippen molar-refractivity contribution < 1.29 is 14.3 Å². The Morgan fingerprint density at radius 2 is 1.88 bits per heavy atom. The van der Waals surface area contributed by atoms with Gasteiger partial charge in [0.05, 0.1) is 7.11 Å². The first kappa shape index (κ1) is 17.2. The first-order chi connectivity index (χ1) is 12.1. The second-order valence-electron chi connectivity index (χ2n) is 6.22. The number of hydrogen-bond donors (Lipinski definition) is 2. The number of methoxy groups -OCH3 is 1. The Bertz CT molecular complexity index is 774. The first-order valence-electron chi connectivity index (χ1n) is 8.40. The molecule has 5 heteroatoms. The van der Waals surface area contributed by atoms with Gasteiger partial charge in [0.2, 0.25) is 5.91 Å². The van der Waals surface area contributed by atoms with E-state index in [9.17, 15) is 9.59 Å². The van der Waals surface area contributed by atoms with Crippen molar-refractivity contribution in [2.75, 3.05) is 12.4 Å². The number of carbonyl (C=O) groups excluding carboxylic acids is 2. The van der Waals surface area contributed by atoms with Crippen LogP contribution in [0.3, 0.4) is 0 Å². The zero-order valence-electron chi connectivity index (χ0n) is 14.4. The molecule has 0 unspecified atom stereocenters. The molecule has 1 heterocycles. The minimum absolute atomic E-state index is 0.0489. The standard InChI is InChI=1S/C20H22N2O3/c1-13(15-8-10-17-16(12-15)9-11-18(23)22-17)21-19(20(24)25-2)14-6-4-3-5-7-14/h3-8,10,12-13,19,21H,9,11H2,1-2H3,(H,22,23)/t13-,19-/m1/s1. The zero-order valence-corrected chi connectivity index (χ0v) is 14.4. The van der Waals surface area contributed by atoms with Gasteiger partial charge in [-0.15, -0.1) is 0 Å². The molecule has 0 saturated carbocycles. The van der Waals surface area contributed by atoms with Crippen molar-refractivity contribution in [3.05, 3.63) is 65.2 Å². The molecule has 2 aromatic carbocycles. The van der Waals surface area contributed by atoms with Gasteiger partial charge in [-0.1, -0.05) is 42.5 Å². The van der Waals surface area contributed by atoms with Crippen molar-refractivity contribution in [1.82, 2.24) is 5.32 Å². The number of benzene rings is 2. The van der Waals surface area contributed by atoms with Gasteiger partial charge >= 0.3 is 5.97 Å². The van der Waals surface area contributed by atoms with Crippen LogP contribution in [0.5, 0.6) is 0 Å². The van der Waals surface area contributed by atoms with Crippen molar-refractivity contribution in [1.29, 1.82) is 0 Å². The normalized spacial score (nSPS) is 15.7. The number of hydrogen-bond acceptors (Lipinski definition) is 4. The van der Waals surface area contributed by atoms with Crippen LogP contribution in [0.15, 0.2) is 48.5 Å². The lowest BCUT2D eigenvalue weighted by Crippen LogP contribution is -2.32. The van der Waals surface area contributed by atoms with Crippen LogP contribution in [0.25, 0.3) is 0 Å². The first-order valence-corrected chi connectivity index (χ1v) is 8.40. The summed E-state index contributed by atoms with van der Waals surface area (Å²) in [5.74, 6) is -0.260. The molecule has 25 heavy (non-hydrogen) atoms. The summed E-state index contributed by atoms with van der Waals surface area (Å²) in [6.45, 7) is 2.02. The molecule has 1 aliphatic heterocycles. The third-order valence-electron chi connectivity index (χ3n) is 4.51. The van der Waals surface area contributed by atoms with Crippen LogP contribution in [-0.2, 0) is 20.7 Å². The van der Waals surface area contributed by atoms with Crippen LogP contribution in [0.2, 0.25) is 0 Å². The highest BCUT2D eigenvalue weighted by Crippen LogP contribution is 2.27. The van der Waals surface area contributed by atoms with E-state index in [0.717, 1.165) is 28.8 Å². The highest BCUT2D eigenvalue weighted by molar-refractivity contribution is 5.93. The van der Waals surface area contributed by atoms with E-state index in [1.807, 2.05) is 49.4 Å². The lowest BCUT2D eigenvalue weighted by molar-refractivity contribution is -0.143. The summed E-state index contributed by atoms with van der Waals surface area (Å²) in [6, 6.07) is 14.9. The molecule has 1 amide bonds. The minimum atomic E-state index is -0.531. The quantitative estimate of drug-likeness (QED) is 0.822. The summed E-state index contributed by atoms with van der Waals surface area (Å²) >= 11 is 0. The van der Waals surface area contributed by atoms with Gasteiger partial charge in [0.1, 0.15) is 6.04 Å². The van der Waals surface area contributed by atoms with Crippen molar-refractivity contribution in [3.63, 3.8) is 0 Å². The Labute approximate surface area is 147 Å². The zero-order chi connectivity index (χ0) is 17.8. The van der Waals surface area contributed by atoms with E-state index in [1.54, 1.807) is 0 Å². The van der Waals surface area contributed by atoms with Gasteiger partial charge in [0, 0.05) is 18.2 Å². The molecule has 2 N–H and O–H groups in total. The molecule has 0 aromatic heterocycles. The SMILES string of the molecule is COC(=O)[C@H](N[C@H](C)c1ccc2c(c1)CCC(=O)N2)c1ccccc1. The van der Waals surface area contributed by atoms with E-state index in [-0.39, 0.29) is 17.9 Å². The fraction of sp³-hybridized carbons (Fsp3) is 0.300. The number of esters is 1. The number of rotatable bonds is 5. The summed E-state index contributed by atoms with van der Waals surface area (Å²) < 4.78 is 4.96. The maximum atomic E-state index is 12.2. The molecule has 2 atom stereocenters. The van der Waals surface area contributed by atoms with E-state index < -0.39 is 6.04 Å². The molecule has 0 spiro atoms. The fourth-order valence-electron chi connectivity index (χ4n) is 3.08. The van der Waals surface area contributed by atoms with Gasteiger partial charge in [-0.25, -0.2) is 4.79 Å². The number of carbonyl (C=O) groups is 2. The minimum Gasteiger partial charge on any atom is -0.468 e. The molecule has 130 valence electrons. The molecule has 0 aliphatic carbocycles. The predicted molar refractivity (Wildman–Crippen MR) is 96.1 cm³/mol. The molecule has 2 aromatic rings. The van der Waals surface area contributed by atoms with Gasteiger partial charge in [-0.3, -0.25) is 10.1 Å². The maximum Gasteiger partial charge on any atom is 0.327 e. The van der Waals surface area contributed by atoms with E-state index >= 15 is 0 Å². The molecule has 5 nitrogen and oxygen atoms in total. The van der Waals surface area contributed by atoms with Crippen molar-refractivity contribution in [2.45, 2.75) is 31.8 Å². The smallest absolute Gasteiger partial charge is 0.327 e. The average Bonchev–Trinajstić information content (AvgIpc) is 2.65. The molecule has 0 saturated heterocycles. The van der Waals surface area contributed by atoms with Crippen LogP contribution < -0.4 is 10.6 Å². The highest BCUT2D eigenvalue weighted by atomic mass is 16.5. The van der Waals surface area contributed by atoms with Crippen molar-refractivity contribution in [3.8, 4) is 0 Å². The Kier molecular flexibility index (Phi) is 5.14. The van der Waals surface area contributed by atoms with Gasteiger partial charge in [0.25, 0.3) is 0 Å². The van der Waals surface area contributed by atoms with Crippen LogP contribution in [0.1, 0.15) is 42.1 Å². The maximum absolute atomic E-state index is 12.2. The Morgan fingerprint density at radius 1 is 1.12 bits per heavy atom. The van der Waals surface area contributed by atoms with E-state index in [1.165, 1.54) is 7.11 Å². The second kappa shape index (κ2) is 7.49. The fourth-order valence-corrected chi connectivity index (χ4v) is 3.08. The Balaban J connectivity index is 1.81. The molecular formula is C20H22N2O3. The second-order valence-corrected chi connectivity index (χ2v) is 6.22. The number of ether oxygens (including phenoxy) is 1. The lowest BCUT2D eigenvalue weighted by atomic mass is 9.97. The highest BCUT2D eigenvalue weighted by Gasteiger charge is 2.24. The van der Waals surface area contributed by atoms with Gasteiger partial charge in [-0.2, -0.15) is 0 Å². The topological polar surface area (TPSA) is 67.4 Å². The monoisotopic (exact) mass is 338 g/mol. The van der Waals surface area contributed by atoms with Crippen LogP contribution in [0, 0.1) is 0 Å². The third kappa shape index (κ3) is 3.88. The number of amides is 1. The van der Waals surface area contributed by atoms with Gasteiger partial charge < -0.3 is 10.1 Å². The molecule has 3 rings (SSSR count). The summed E-state index contributed by atoms with van der Waals surface area (Å²) in [4.78, 5) is 23.7. The summed E-state index contributed by atoms with van der Waals surface area (Å²) in [7, 11) is 1.40. The summed E-state index contributed by atoms with van der Waals surface area (Å²) in [5.41, 5.74) is 3.94. The third-order valence-corrected chi connectivity index (χ3v) is 4.51. The number of anilines is 1. The van der Waals surface area contributed by atoms with E-state index in [2.05, 4.69) is 16.7 Å². The Morgan fingerprint density at radius 3 is 2.60 bits per heavy atom. The Hall–Kier alpha value is -2.66. The van der Waals surface area contributed by atoms with Crippen LogP contribution in [-0.4, -0.2) is 19.0 Å². The number of nitrogens with one attached hydrogen (secondary N) is 2. The summed E-state index contributed by atoms with van der Waals surface area (Å²) in [5, 5.41) is 6.24. The van der Waals surface area contributed by atoms with Crippen LogP contribution in [0.4, 0.5) is 5.69 Å². The average molecular weight is 338 g/mol. The summed E-state index contributed by atoms with van der Waals surface area (Å²) in [6.07, 6.45) is 1.24. The number of fused-ring (bicyclic) bond motifs is 1. The molecule has 0 bridgehead atoms. The van der Waals surface area contributed by atoms with Crippen molar-refractivity contribution in [2.24, 2.45) is 0 Å². The largest absolute Gasteiger partial charge is 0.468 e. The van der Waals surface area contributed by atoms with Crippen molar-refractivity contribution >= 4 is 17.6 Å². The lowest BCUT2D eigenvalue weighted by Gasteiger charge is -2.24. The molecule has 0 fully saturated rings. The van der Waals surface area contributed by atoms with Gasteiger partial charge in [-0.05, 0) is 36.1 Å². The van der Waals surface area contributed by atoms with Gasteiger partial charge in [0.15, 0.2) is 0 Å². The van der Waals surface area contributed by atoms with Crippen LogP contribution >= 0.6 is 0 Å². The molecule has 1 aliphatic rings. The molecular weight excluding hydrogens is 316 g/mol. The van der Waals surface area contributed by atoms with E-state index in [4.69, 9.17) is 4.74 Å².